The maximum Gasteiger partial charge on any atom is 0.265 e. The average molecular weight is 460 g/mol. The normalized spacial score (nSPS) is 19.1. The molecule has 1 amide bonds. The van der Waals surface area contributed by atoms with Gasteiger partial charge in [0.1, 0.15) is 16.4 Å². The van der Waals surface area contributed by atoms with Gasteiger partial charge in [-0.2, -0.15) is 0 Å². The van der Waals surface area contributed by atoms with E-state index in [-0.39, 0.29) is 33.9 Å². The molecule has 0 aromatic heterocycles. The molecule has 2 heterocycles. The Bertz CT molecular complexity index is 1080. The number of amides is 1. The van der Waals surface area contributed by atoms with Crippen LogP contribution in [0.25, 0.3) is 0 Å². The second-order valence-corrected chi connectivity index (χ2v) is 9.96. The Morgan fingerprint density at radius 2 is 1.88 bits per heavy atom. The molecular weight excluding hydrogens is 430 g/mol. The molecule has 2 fully saturated rings. The number of nitrogens with one attached hydrogen (secondary N) is 1. The number of rotatable bonds is 6. The topological polar surface area (TPSA) is 99.2 Å². The molecule has 8 nitrogen and oxygen atoms in total. The van der Waals surface area contributed by atoms with Crippen LogP contribution in [-0.2, 0) is 14.8 Å². The van der Waals surface area contributed by atoms with Crippen LogP contribution in [0.5, 0.6) is 11.5 Å². The van der Waals surface area contributed by atoms with E-state index >= 15 is 0 Å². The zero-order valence-corrected chi connectivity index (χ0v) is 19.0. The van der Waals surface area contributed by atoms with Crippen LogP contribution in [-0.4, -0.2) is 57.6 Å². The van der Waals surface area contributed by atoms with E-state index in [2.05, 4.69) is 9.62 Å². The van der Waals surface area contributed by atoms with E-state index in [9.17, 15) is 18.3 Å². The molecule has 2 aromatic rings. The fourth-order valence-electron chi connectivity index (χ4n) is 4.46. The monoisotopic (exact) mass is 459 g/mol. The molecule has 1 atom stereocenters. The molecule has 2 aromatic carbocycles. The van der Waals surface area contributed by atoms with Crippen molar-refractivity contribution in [3.05, 3.63) is 42.5 Å². The Balaban J connectivity index is 1.57. The van der Waals surface area contributed by atoms with Crippen molar-refractivity contribution in [3.63, 3.8) is 0 Å². The molecule has 2 saturated heterocycles. The summed E-state index contributed by atoms with van der Waals surface area (Å²) >= 11 is 0. The summed E-state index contributed by atoms with van der Waals surface area (Å²) < 4.78 is 34.1. The molecule has 172 valence electrons. The lowest BCUT2D eigenvalue weighted by molar-refractivity contribution is -0.134. The Morgan fingerprint density at radius 1 is 1.09 bits per heavy atom. The number of carbonyl (C=O) groups is 1. The number of piperidine rings is 1. The minimum Gasteiger partial charge on any atom is -0.508 e. The first kappa shape index (κ1) is 22.3. The third-order valence-electron chi connectivity index (χ3n) is 6.09. The molecule has 2 aliphatic heterocycles. The molecule has 4 rings (SSSR count). The second kappa shape index (κ2) is 9.28. The lowest BCUT2D eigenvalue weighted by atomic mass is 9.96. The Hall–Kier alpha value is -2.94. The summed E-state index contributed by atoms with van der Waals surface area (Å²) in [5.41, 5.74) is 0.993. The van der Waals surface area contributed by atoms with Crippen molar-refractivity contribution < 1.29 is 23.1 Å². The van der Waals surface area contributed by atoms with Gasteiger partial charge in [0.15, 0.2) is 0 Å². The number of phenolic OH excluding ortho intramolecular Hbond substituents is 1. The van der Waals surface area contributed by atoms with Gasteiger partial charge in [0, 0.05) is 37.9 Å². The minimum atomic E-state index is -3.96. The third kappa shape index (κ3) is 4.77. The summed E-state index contributed by atoms with van der Waals surface area (Å²) in [7, 11) is -2.54. The summed E-state index contributed by atoms with van der Waals surface area (Å²) in [5, 5.41) is 9.65. The predicted molar refractivity (Wildman–Crippen MR) is 123 cm³/mol. The first-order valence-corrected chi connectivity index (χ1v) is 12.4. The Kier molecular flexibility index (Phi) is 6.45. The fourth-order valence-corrected chi connectivity index (χ4v) is 5.70. The predicted octanol–water partition coefficient (Wildman–Crippen LogP) is 3.04. The molecule has 0 aliphatic carbocycles. The summed E-state index contributed by atoms with van der Waals surface area (Å²) in [6.45, 7) is 3.00. The molecule has 2 N–H and O–H groups in total. The van der Waals surface area contributed by atoms with Gasteiger partial charge in [-0.3, -0.25) is 9.52 Å². The number of likely N-dealkylation sites (tertiary alicyclic amines) is 1. The highest BCUT2D eigenvalue weighted by atomic mass is 32.2. The van der Waals surface area contributed by atoms with Crippen LogP contribution in [0.3, 0.4) is 0 Å². The summed E-state index contributed by atoms with van der Waals surface area (Å²) in [5.74, 6) is 0.324. The zero-order chi connectivity index (χ0) is 22.7. The Morgan fingerprint density at radius 3 is 2.59 bits per heavy atom. The van der Waals surface area contributed by atoms with Gasteiger partial charge in [0.05, 0.1) is 18.7 Å². The van der Waals surface area contributed by atoms with Crippen LogP contribution in [0.15, 0.2) is 47.4 Å². The number of ether oxygens (including phenoxy) is 1. The quantitative estimate of drug-likeness (QED) is 0.689. The van der Waals surface area contributed by atoms with Crippen LogP contribution in [0, 0.1) is 5.92 Å². The highest BCUT2D eigenvalue weighted by molar-refractivity contribution is 7.92. The van der Waals surface area contributed by atoms with Crippen LogP contribution in [0.1, 0.15) is 25.7 Å². The van der Waals surface area contributed by atoms with E-state index in [4.69, 9.17) is 4.74 Å². The van der Waals surface area contributed by atoms with Crippen LogP contribution in [0.4, 0.5) is 11.4 Å². The van der Waals surface area contributed by atoms with Gasteiger partial charge < -0.3 is 19.6 Å². The fraction of sp³-hybridized carbons (Fsp3) is 0.435. The maximum atomic E-state index is 13.1. The zero-order valence-electron chi connectivity index (χ0n) is 18.2. The SMILES string of the molecule is COc1ccc(N2CCCC(C(=O)N3CCCC3)C2)cc1S(=O)(=O)Nc1cccc(O)c1. The van der Waals surface area contributed by atoms with E-state index in [1.54, 1.807) is 24.3 Å². The number of hydrogen-bond donors (Lipinski definition) is 2. The number of methoxy groups -OCH3 is 1. The molecular formula is C23H29N3O5S. The third-order valence-corrected chi connectivity index (χ3v) is 7.49. The van der Waals surface area contributed by atoms with Crippen LogP contribution >= 0.6 is 0 Å². The second-order valence-electron chi connectivity index (χ2n) is 8.31. The van der Waals surface area contributed by atoms with Gasteiger partial charge in [-0.25, -0.2) is 8.42 Å². The first-order valence-electron chi connectivity index (χ1n) is 10.9. The van der Waals surface area contributed by atoms with Gasteiger partial charge in [0.25, 0.3) is 10.0 Å². The van der Waals surface area contributed by atoms with Crippen LogP contribution < -0.4 is 14.4 Å². The number of aromatic hydroxyl groups is 1. The molecule has 2 aliphatic rings. The summed E-state index contributed by atoms with van der Waals surface area (Å²) in [4.78, 5) is 16.9. The van der Waals surface area contributed by atoms with Crippen LogP contribution in [0.2, 0.25) is 0 Å². The van der Waals surface area contributed by atoms with E-state index in [0.717, 1.165) is 51.0 Å². The standard InChI is InChI=1S/C23H29N3O5S/c1-31-21-10-9-19(15-22(21)32(29,30)24-18-7-4-8-20(27)14-18)26-13-5-6-17(16-26)23(28)25-11-2-3-12-25/h4,7-10,14-15,17,24,27H,2-3,5-6,11-13,16H2,1H3. The van der Waals surface area contributed by atoms with Crippen molar-refractivity contribution in [1.82, 2.24) is 4.90 Å². The first-order chi connectivity index (χ1) is 15.4. The van der Waals surface area contributed by atoms with Gasteiger partial charge >= 0.3 is 0 Å². The van der Waals surface area contributed by atoms with E-state index in [0.29, 0.717) is 6.54 Å². The number of carbonyl (C=O) groups excluding carboxylic acids is 1. The molecule has 0 spiro atoms. The molecule has 0 bridgehead atoms. The van der Waals surface area contributed by atoms with Crippen molar-refractivity contribution >= 4 is 27.3 Å². The number of benzene rings is 2. The van der Waals surface area contributed by atoms with Gasteiger partial charge in [0.2, 0.25) is 5.91 Å². The van der Waals surface area contributed by atoms with Crippen molar-refractivity contribution in [3.8, 4) is 11.5 Å². The number of sulfonamides is 1. The largest absolute Gasteiger partial charge is 0.508 e. The van der Waals surface area contributed by atoms with Crippen molar-refractivity contribution in [2.45, 2.75) is 30.6 Å². The van der Waals surface area contributed by atoms with Gasteiger partial charge in [-0.15, -0.1) is 0 Å². The number of nitrogens with zero attached hydrogens (tertiary/aromatic N) is 2. The smallest absolute Gasteiger partial charge is 0.265 e. The molecule has 1 unspecified atom stereocenters. The average Bonchev–Trinajstić information content (AvgIpc) is 3.33. The lowest BCUT2D eigenvalue weighted by Gasteiger charge is -2.35. The molecule has 0 radical (unpaired) electrons. The summed E-state index contributed by atoms with van der Waals surface area (Å²) in [6, 6.07) is 11.0. The van der Waals surface area contributed by atoms with Gasteiger partial charge in [-0.1, -0.05) is 6.07 Å². The molecule has 32 heavy (non-hydrogen) atoms. The van der Waals surface area contributed by atoms with Crippen molar-refractivity contribution in [1.29, 1.82) is 0 Å². The van der Waals surface area contributed by atoms with Crippen molar-refractivity contribution in [2.75, 3.05) is 42.9 Å². The Labute approximate surface area is 188 Å². The van der Waals surface area contributed by atoms with Gasteiger partial charge in [-0.05, 0) is 56.0 Å². The number of phenols is 1. The minimum absolute atomic E-state index is 0.00818. The van der Waals surface area contributed by atoms with E-state index < -0.39 is 10.0 Å². The highest BCUT2D eigenvalue weighted by Crippen LogP contribution is 2.33. The number of hydrogen-bond acceptors (Lipinski definition) is 6. The van der Waals surface area contributed by atoms with E-state index in [1.165, 1.54) is 19.2 Å². The summed E-state index contributed by atoms with van der Waals surface area (Å²) in [6.07, 6.45) is 3.86. The maximum absolute atomic E-state index is 13.1. The van der Waals surface area contributed by atoms with E-state index in [1.807, 2.05) is 11.0 Å². The number of anilines is 2. The lowest BCUT2D eigenvalue weighted by Crippen LogP contribution is -2.44. The highest BCUT2D eigenvalue weighted by Gasteiger charge is 2.31. The molecule has 0 saturated carbocycles. The van der Waals surface area contributed by atoms with Crippen molar-refractivity contribution in [2.24, 2.45) is 5.92 Å². The molecule has 9 heteroatoms.